The summed E-state index contributed by atoms with van der Waals surface area (Å²) in [6.45, 7) is 9.60. The van der Waals surface area contributed by atoms with Crippen LogP contribution < -0.4 is 11.1 Å². The second-order valence-corrected chi connectivity index (χ2v) is 5.02. The Morgan fingerprint density at radius 1 is 1.32 bits per heavy atom. The lowest BCUT2D eigenvalue weighted by Gasteiger charge is -2.32. The first-order valence-electron chi connectivity index (χ1n) is 7.30. The summed E-state index contributed by atoms with van der Waals surface area (Å²) < 4.78 is 0. The van der Waals surface area contributed by atoms with Gasteiger partial charge in [0.25, 0.3) is 0 Å². The number of nitrogens with two attached hydrogens (primary N) is 1. The second-order valence-electron chi connectivity index (χ2n) is 5.02. The molecule has 0 bridgehead atoms. The van der Waals surface area contributed by atoms with Crippen molar-refractivity contribution < 1.29 is 12.4 Å². The van der Waals surface area contributed by atoms with Gasteiger partial charge in [-0.25, -0.2) is 0 Å². The first-order valence-corrected chi connectivity index (χ1v) is 7.30. The number of carbonyl (C=O) groups excluding carboxylic acids is 2. The molecule has 2 amide bonds. The lowest BCUT2D eigenvalue weighted by molar-refractivity contribution is -0.133. The van der Waals surface area contributed by atoms with Crippen LogP contribution in [0.15, 0.2) is 0 Å². The molecule has 1 saturated heterocycles. The van der Waals surface area contributed by atoms with Crippen LogP contribution in [0.4, 0.5) is 0 Å². The van der Waals surface area contributed by atoms with E-state index >= 15 is 0 Å². The van der Waals surface area contributed by atoms with Gasteiger partial charge in [0, 0.05) is 28.4 Å². The molecule has 0 saturated carbocycles. The number of hydrogen-bond donors (Lipinski definition) is 2. The number of amides is 2. The number of nitrogens with one attached hydrogen (secondary N) is 1. The zero-order valence-electron chi connectivity index (χ0n) is 12.7. The molecule has 1 aliphatic heterocycles. The van der Waals surface area contributed by atoms with Crippen molar-refractivity contribution in [3.63, 3.8) is 0 Å². The van der Waals surface area contributed by atoms with Crippen LogP contribution in [0.2, 0.25) is 0 Å². The van der Waals surface area contributed by atoms with Crippen LogP contribution in [0.1, 0.15) is 49.8 Å². The average molecular weight is 275 g/mol. The average Bonchev–Trinajstić information content (AvgIpc) is 2.41. The Bertz CT molecular complexity index is 281. The fourth-order valence-electron chi connectivity index (χ4n) is 2.04. The highest BCUT2D eigenvalue weighted by atomic mass is 16.2. The molecule has 0 atom stereocenters. The van der Waals surface area contributed by atoms with E-state index in [1.807, 2.05) is 32.6 Å². The third kappa shape index (κ3) is 7.15. The van der Waals surface area contributed by atoms with E-state index in [0.717, 1.165) is 25.9 Å². The number of hydrogen-bond acceptors (Lipinski definition) is 3. The standard InChI is InChI=1S/C12H23N3O2.C2H6.2H2/c1-9(2)7-12(17)15-5-3-10(4-6-15)14-11(16)8-13;1-2;;/h9-10H,3-8,13H2,1-2H3,(H,14,16);1-2H3;2*1H. The van der Waals surface area contributed by atoms with Crippen LogP contribution in [-0.4, -0.2) is 42.4 Å². The molecule has 0 spiro atoms. The van der Waals surface area contributed by atoms with Crippen LogP contribution >= 0.6 is 0 Å². The van der Waals surface area contributed by atoms with Gasteiger partial charge in [0.05, 0.1) is 6.54 Å². The van der Waals surface area contributed by atoms with Crippen LogP contribution in [0, 0.1) is 5.92 Å². The molecular weight excluding hydrogens is 242 g/mol. The van der Waals surface area contributed by atoms with Crippen LogP contribution in [-0.2, 0) is 9.59 Å². The summed E-state index contributed by atoms with van der Waals surface area (Å²) in [7, 11) is 0. The monoisotopic (exact) mass is 275 g/mol. The lowest BCUT2D eigenvalue weighted by atomic mass is 10.0. The minimum atomic E-state index is -0.114. The van der Waals surface area contributed by atoms with E-state index in [4.69, 9.17) is 5.73 Å². The van der Waals surface area contributed by atoms with Gasteiger partial charge < -0.3 is 16.0 Å². The highest BCUT2D eigenvalue weighted by Crippen LogP contribution is 2.13. The maximum Gasteiger partial charge on any atom is 0.233 e. The Balaban J connectivity index is -0.000000774. The first kappa shape index (κ1) is 17.9. The van der Waals surface area contributed by atoms with Gasteiger partial charge in [-0.1, -0.05) is 27.7 Å². The third-order valence-electron chi connectivity index (χ3n) is 2.98. The van der Waals surface area contributed by atoms with Gasteiger partial charge in [0.2, 0.25) is 11.8 Å². The van der Waals surface area contributed by atoms with Crippen LogP contribution in [0.5, 0.6) is 0 Å². The fraction of sp³-hybridized carbons (Fsp3) is 0.857. The Kier molecular flexibility index (Phi) is 9.21. The Labute approximate surface area is 119 Å². The molecule has 116 valence electrons. The first-order chi connectivity index (χ1) is 9.02. The summed E-state index contributed by atoms with van der Waals surface area (Å²) >= 11 is 0. The van der Waals surface area contributed by atoms with Crippen LogP contribution in [0.25, 0.3) is 0 Å². The van der Waals surface area contributed by atoms with Crippen molar-refractivity contribution in [1.82, 2.24) is 10.2 Å². The highest BCUT2D eigenvalue weighted by Gasteiger charge is 2.23. The van der Waals surface area contributed by atoms with Crippen molar-refractivity contribution in [2.24, 2.45) is 11.7 Å². The van der Waals surface area contributed by atoms with Gasteiger partial charge in [-0.05, 0) is 18.8 Å². The molecule has 0 aliphatic carbocycles. The molecule has 3 N–H and O–H groups in total. The van der Waals surface area contributed by atoms with Crippen molar-refractivity contribution in [1.29, 1.82) is 0 Å². The summed E-state index contributed by atoms with van der Waals surface area (Å²) in [5.41, 5.74) is 5.24. The van der Waals surface area contributed by atoms with Crippen molar-refractivity contribution in [3.05, 3.63) is 0 Å². The molecule has 1 aliphatic rings. The highest BCUT2D eigenvalue weighted by molar-refractivity contribution is 5.78. The van der Waals surface area contributed by atoms with E-state index in [2.05, 4.69) is 5.32 Å². The van der Waals surface area contributed by atoms with Crippen molar-refractivity contribution in [2.75, 3.05) is 19.6 Å². The summed E-state index contributed by atoms with van der Waals surface area (Å²) in [6, 6.07) is 0.175. The van der Waals surface area contributed by atoms with Gasteiger partial charge >= 0.3 is 0 Å². The lowest BCUT2D eigenvalue weighted by Crippen LogP contribution is -2.47. The third-order valence-corrected chi connectivity index (χ3v) is 2.98. The molecule has 19 heavy (non-hydrogen) atoms. The van der Waals surface area contributed by atoms with Crippen molar-refractivity contribution in [2.45, 2.75) is 53.0 Å². The summed E-state index contributed by atoms with van der Waals surface area (Å²) in [5, 5.41) is 2.87. The SMILES string of the molecule is CC.CC(C)CC(=O)N1CCC(NC(=O)CN)CC1.[HH].[HH]. The number of likely N-dealkylation sites (tertiary alicyclic amines) is 1. The molecule has 1 fully saturated rings. The molecule has 1 rings (SSSR count). The minimum Gasteiger partial charge on any atom is -0.352 e. The molecule has 0 aromatic heterocycles. The van der Waals surface area contributed by atoms with Crippen molar-refractivity contribution in [3.8, 4) is 0 Å². The van der Waals surface area contributed by atoms with Crippen LogP contribution in [0.3, 0.4) is 0 Å². The summed E-state index contributed by atoms with van der Waals surface area (Å²) in [5.74, 6) is 0.512. The van der Waals surface area contributed by atoms with Gasteiger partial charge in [0.15, 0.2) is 0 Å². The predicted octanol–water partition coefficient (Wildman–Crippen LogP) is 1.62. The van der Waals surface area contributed by atoms with Gasteiger partial charge in [0.1, 0.15) is 0 Å². The van der Waals surface area contributed by atoms with Gasteiger partial charge in [-0.15, -0.1) is 0 Å². The fourth-order valence-corrected chi connectivity index (χ4v) is 2.04. The molecule has 0 aromatic carbocycles. The molecule has 1 heterocycles. The second kappa shape index (κ2) is 9.78. The maximum absolute atomic E-state index is 11.8. The Morgan fingerprint density at radius 3 is 2.26 bits per heavy atom. The zero-order valence-corrected chi connectivity index (χ0v) is 12.7. The molecule has 0 aromatic rings. The van der Waals surface area contributed by atoms with Gasteiger partial charge in [-0.3, -0.25) is 9.59 Å². The topological polar surface area (TPSA) is 75.4 Å². The van der Waals surface area contributed by atoms with E-state index in [-0.39, 0.29) is 27.3 Å². The zero-order chi connectivity index (χ0) is 14.8. The maximum atomic E-state index is 11.8. The number of carbonyl (C=O) groups is 2. The summed E-state index contributed by atoms with van der Waals surface area (Å²) in [6.07, 6.45) is 2.27. The van der Waals surface area contributed by atoms with E-state index < -0.39 is 0 Å². The Hall–Kier alpha value is -1.10. The molecule has 0 radical (unpaired) electrons. The quantitative estimate of drug-likeness (QED) is 0.818. The molecular formula is C14H33N3O2. The molecule has 0 unspecified atom stereocenters. The number of rotatable bonds is 4. The van der Waals surface area contributed by atoms with E-state index in [1.54, 1.807) is 0 Å². The van der Waals surface area contributed by atoms with Gasteiger partial charge in [-0.2, -0.15) is 0 Å². The number of piperidine rings is 1. The normalized spacial score (nSPS) is 15.8. The van der Waals surface area contributed by atoms with E-state index in [1.165, 1.54) is 0 Å². The Morgan fingerprint density at radius 2 is 1.84 bits per heavy atom. The van der Waals surface area contributed by atoms with E-state index in [9.17, 15) is 9.59 Å². The smallest absolute Gasteiger partial charge is 0.233 e. The minimum absolute atomic E-state index is 0. The summed E-state index contributed by atoms with van der Waals surface area (Å²) in [4.78, 5) is 24.8. The molecule has 5 nitrogen and oxygen atoms in total. The largest absolute Gasteiger partial charge is 0.352 e. The molecule has 5 heteroatoms. The van der Waals surface area contributed by atoms with E-state index in [0.29, 0.717) is 12.3 Å². The van der Waals surface area contributed by atoms with Crippen molar-refractivity contribution >= 4 is 11.8 Å². The number of nitrogens with zero attached hydrogens (tertiary/aromatic N) is 1. The predicted molar refractivity (Wildman–Crippen MR) is 81.8 cm³/mol.